The molecule has 0 aromatic heterocycles. The van der Waals surface area contributed by atoms with Gasteiger partial charge in [0, 0.05) is 6.54 Å². The van der Waals surface area contributed by atoms with Crippen molar-refractivity contribution in [2.75, 3.05) is 12.4 Å². The van der Waals surface area contributed by atoms with Gasteiger partial charge in [0.25, 0.3) is 0 Å². The summed E-state index contributed by atoms with van der Waals surface area (Å²) in [6.07, 6.45) is -1.31. The van der Waals surface area contributed by atoms with Gasteiger partial charge in [-0.2, -0.15) is 0 Å². The zero-order valence-corrected chi connectivity index (χ0v) is 8.81. The highest BCUT2D eigenvalue weighted by atomic mass is 35.5. The Morgan fingerprint density at radius 2 is 2.07 bits per heavy atom. The van der Waals surface area contributed by atoms with Crippen molar-refractivity contribution in [3.63, 3.8) is 0 Å². The number of para-hydroxylation sites is 1. The van der Waals surface area contributed by atoms with Crippen molar-refractivity contribution in [2.45, 2.75) is 6.10 Å². The summed E-state index contributed by atoms with van der Waals surface area (Å²) in [6, 6.07) is 8.63. The SMILES string of the molecule is NC[C@@H](CCl)OC(=O)Oc1ccccc1. The molecule has 1 atom stereocenters. The maximum Gasteiger partial charge on any atom is 0.514 e. The Labute approximate surface area is 92.9 Å². The van der Waals surface area contributed by atoms with Crippen LogP contribution in [0.4, 0.5) is 4.79 Å². The Bertz CT molecular complexity index is 301. The number of alkyl halides is 1. The molecule has 0 saturated heterocycles. The average Bonchev–Trinajstić information content (AvgIpc) is 2.27. The molecule has 0 aliphatic carbocycles. The molecular formula is C10H12ClNO3. The highest BCUT2D eigenvalue weighted by Crippen LogP contribution is 2.09. The minimum absolute atomic E-state index is 0.153. The van der Waals surface area contributed by atoms with Gasteiger partial charge in [-0.25, -0.2) is 4.79 Å². The van der Waals surface area contributed by atoms with Gasteiger partial charge in [0.15, 0.2) is 0 Å². The van der Waals surface area contributed by atoms with Crippen LogP contribution in [0.3, 0.4) is 0 Å². The molecule has 0 radical (unpaired) electrons. The van der Waals surface area contributed by atoms with Gasteiger partial charge in [0.1, 0.15) is 11.9 Å². The second-order valence-electron chi connectivity index (χ2n) is 2.79. The van der Waals surface area contributed by atoms with E-state index in [2.05, 4.69) is 0 Å². The minimum Gasteiger partial charge on any atom is -0.428 e. The number of carbonyl (C=O) groups is 1. The summed E-state index contributed by atoms with van der Waals surface area (Å²) < 4.78 is 9.71. The van der Waals surface area contributed by atoms with Crippen LogP contribution >= 0.6 is 11.6 Å². The van der Waals surface area contributed by atoms with Crippen molar-refractivity contribution >= 4 is 17.8 Å². The fraction of sp³-hybridized carbons (Fsp3) is 0.300. The molecule has 1 aromatic rings. The fourth-order valence-electron chi connectivity index (χ4n) is 0.888. The summed E-state index contributed by atoms with van der Waals surface area (Å²) in [5.41, 5.74) is 5.31. The van der Waals surface area contributed by atoms with Gasteiger partial charge in [-0.15, -0.1) is 11.6 Å². The summed E-state index contributed by atoms with van der Waals surface area (Å²) >= 11 is 5.50. The van der Waals surface area contributed by atoms with E-state index in [0.29, 0.717) is 5.75 Å². The van der Waals surface area contributed by atoms with Gasteiger partial charge in [-0.1, -0.05) is 18.2 Å². The van der Waals surface area contributed by atoms with Crippen LogP contribution in [-0.2, 0) is 4.74 Å². The summed E-state index contributed by atoms with van der Waals surface area (Å²) in [5, 5.41) is 0. The summed E-state index contributed by atoms with van der Waals surface area (Å²) in [6.45, 7) is 0.174. The lowest BCUT2D eigenvalue weighted by Gasteiger charge is -2.12. The second kappa shape index (κ2) is 6.27. The molecule has 0 bridgehead atoms. The molecule has 5 heteroatoms. The summed E-state index contributed by atoms with van der Waals surface area (Å²) in [7, 11) is 0. The van der Waals surface area contributed by atoms with E-state index in [1.807, 2.05) is 6.07 Å². The van der Waals surface area contributed by atoms with Crippen molar-refractivity contribution in [1.29, 1.82) is 0 Å². The van der Waals surface area contributed by atoms with E-state index in [4.69, 9.17) is 26.8 Å². The van der Waals surface area contributed by atoms with Crippen LogP contribution in [0.1, 0.15) is 0 Å². The molecule has 4 nitrogen and oxygen atoms in total. The predicted octanol–water partition coefficient (Wildman–Crippen LogP) is 1.77. The summed E-state index contributed by atoms with van der Waals surface area (Å²) in [5.74, 6) is 0.577. The van der Waals surface area contributed by atoms with Crippen LogP contribution in [-0.4, -0.2) is 24.7 Å². The molecule has 82 valence electrons. The molecule has 2 N–H and O–H groups in total. The van der Waals surface area contributed by atoms with Crippen LogP contribution in [0, 0.1) is 0 Å². The van der Waals surface area contributed by atoms with Gasteiger partial charge in [0.2, 0.25) is 0 Å². The van der Waals surface area contributed by atoms with E-state index < -0.39 is 12.3 Å². The van der Waals surface area contributed by atoms with E-state index in [0.717, 1.165) is 0 Å². The number of nitrogens with two attached hydrogens (primary N) is 1. The predicted molar refractivity (Wildman–Crippen MR) is 57.1 cm³/mol. The van der Waals surface area contributed by atoms with E-state index in [-0.39, 0.29) is 12.4 Å². The number of ether oxygens (including phenoxy) is 2. The first-order chi connectivity index (χ1) is 7.26. The van der Waals surface area contributed by atoms with E-state index >= 15 is 0 Å². The van der Waals surface area contributed by atoms with Crippen LogP contribution in [0.25, 0.3) is 0 Å². The molecule has 0 amide bonds. The number of hydrogen-bond donors (Lipinski definition) is 1. The van der Waals surface area contributed by atoms with Crippen LogP contribution in [0.2, 0.25) is 0 Å². The molecule has 1 aromatic carbocycles. The Morgan fingerprint density at radius 3 is 2.60 bits per heavy atom. The lowest BCUT2D eigenvalue weighted by atomic mass is 10.3. The van der Waals surface area contributed by atoms with Gasteiger partial charge >= 0.3 is 6.16 Å². The Balaban J connectivity index is 2.43. The minimum atomic E-state index is -0.794. The molecule has 15 heavy (non-hydrogen) atoms. The van der Waals surface area contributed by atoms with Crippen molar-refractivity contribution in [2.24, 2.45) is 5.73 Å². The quantitative estimate of drug-likeness (QED) is 0.486. The summed E-state index contributed by atoms with van der Waals surface area (Å²) in [4.78, 5) is 11.2. The van der Waals surface area contributed by atoms with Crippen molar-refractivity contribution in [1.82, 2.24) is 0 Å². The topological polar surface area (TPSA) is 61.5 Å². The number of halogens is 1. The first-order valence-electron chi connectivity index (χ1n) is 4.45. The van der Waals surface area contributed by atoms with E-state index in [1.165, 1.54) is 0 Å². The number of benzene rings is 1. The van der Waals surface area contributed by atoms with Crippen molar-refractivity contribution < 1.29 is 14.3 Å². The molecule has 0 heterocycles. The maximum atomic E-state index is 11.2. The van der Waals surface area contributed by atoms with Crippen LogP contribution in [0.5, 0.6) is 5.75 Å². The monoisotopic (exact) mass is 229 g/mol. The van der Waals surface area contributed by atoms with Crippen LogP contribution < -0.4 is 10.5 Å². The largest absolute Gasteiger partial charge is 0.514 e. The molecule has 1 rings (SSSR count). The third-order valence-corrected chi connectivity index (χ3v) is 1.99. The van der Waals surface area contributed by atoms with Gasteiger partial charge in [-0.3, -0.25) is 0 Å². The first kappa shape index (κ1) is 11.8. The zero-order chi connectivity index (χ0) is 11.1. The molecule has 0 aliphatic heterocycles. The van der Waals surface area contributed by atoms with Crippen LogP contribution in [0.15, 0.2) is 30.3 Å². The molecule has 0 aliphatic rings. The molecule has 0 unspecified atom stereocenters. The number of hydrogen-bond acceptors (Lipinski definition) is 4. The van der Waals surface area contributed by atoms with E-state index in [1.54, 1.807) is 24.3 Å². The maximum absolute atomic E-state index is 11.2. The Hall–Kier alpha value is -1.26. The second-order valence-corrected chi connectivity index (χ2v) is 3.10. The Kier molecular flexibility index (Phi) is 4.93. The number of carbonyl (C=O) groups excluding carboxylic acids is 1. The molecule has 0 saturated carbocycles. The third-order valence-electron chi connectivity index (χ3n) is 1.64. The van der Waals surface area contributed by atoms with Gasteiger partial charge in [-0.05, 0) is 12.1 Å². The highest BCUT2D eigenvalue weighted by molar-refractivity contribution is 6.18. The first-order valence-corrected chi connectivity index (χ1v) is 4.99. The van der Waals surface area contributed by atoms with E-state index in [9.17, 15) is 4.79 Å². The van der Waals surface area contributed by atoms with Gasteiger partial charge in [0.05, 0.1) is 5.88 Å². The number of rotatable bonds is 4. The highest BCUT2D eigenvalue weighted by Gasteiger charge is 2.13. The smallest absolute Gasteiger partial charge is 0.428 e. The molecule has 0 spiro atoms. The fourth-order valence-corrected chi connectivity index (χ4v) is 1.08. The lowest BCUT2D eigenvalue weighted by Crippen LogP contribution is -2.29. The van der Waals surface area contributed by atoms with Crippen molar-refractivity contribution in [3.8, 4) is 5.75 Å². The van der Waals surface area contributed by atoms with Gasteiger partial charge < -0.3 is 15.2 Å². The average molecular weight is 230 g/mol. The lowest BCUT2D eigenvalue weighted by molar-refractivity contribution is 0.0702. The molecular weight excluding hydrogens is 218 g/mol. The standard InChI is InChI=1S/C10H12ClNO3/c11-6-9(7-12)15-10(13)14-8-4-2-1-3-5-8/h1-5,9H,6-7,12H2/t9-/m1/s1. The molecule has 0 fully saturated rings. The zero-order valence-electron chi connectivity index (χ0n) is 8.06. The van der Waals surface area contributed by atoms with Crippen molar-refractivity contribution in [3.05, 3.63) is 30.3 Å². The third kappa shape index (κ3) is 4.18. The Morgan fingerprint density at radius 1 is 1.40 bits per heavy atom. The normalized spacial score (nSPS) is 11.9.